The van der Waals surface area contributed by atoms with Crippen LogP contribution in [0.15, 0.2) is 61.0 Å². The van der Waals surface area contributed by atoms with Gasteiger partial charge in [0.15, 0.2) is 0 Å². The van der Waals surface area contributed by atoms with E-state index in [-0.39, 0.29) is 12.5 Å². The molecule has 0 aliphatic heterocycles. The van der Waals surface area contributed by atoms with Crippen LogP contribution in [-0.2, 0) is 17.9 Å². The summed E-state index contributed by atoms with van der Waals surface area (Å²) in [7, 11) is 0. The predicted octanol–water partition coefficient (Wildman–Crippen LogP) is 2.08. The number of thiophene rings is 1. The number of nitrogens with one attached hydrogen (secondary N) is 1. The maximum Gasteiger partial charge on any atom is 0.240 e. The number of aromatic nitrogens is 6. The van der Waals surface area contributed by atoms with E-state index >= 15 is 0 Å². The zero-order valence-corrected chi connectivity index (χ0v) is 15.2. The summed E-state index contributed by atoms with van der Waals surface area (Å²) in [5, 5.41) is 9.46. The smallest absolute Gasteiger partial charge is 0.240 e. The highest BCUT2D eigenvalue weighted by Gasteiger charge is 2.16. The lowest BCUT2D eigenvalue weighted by Gasteiger charge is -2.10. The molecule has 4 aromatic rings. The predicted molar refractivity (Wildman–Crippen MR) is 102 cm³/mol. The Morgan fingerprint density at radius 2 is 2.15 bits per heavy atom. The first-order chi connectivity index (χ1) is 13.3. The van der Waals surface area contributed by atoms with E-state index in [0.717, 1.165) is 21.8 Å². The Morgan fingerprint density at radius 1 is 1.19 bits per heavy atom. The molecule has 1 amide bonds. The first-order valence-electron chi connectivity index (χ1n) is 8.40. The quantitative estimate of drug-likeness (QED) is 0.531. The Bertz CT molecular complexity index is 994. The zero-order chi connectivity index (χ0) is 18.5. The van der Waals surface area contributed by atoms with Gasteiger partial charge in [0.25, 0.3) is 0 Å². The lowest BCUT2D eigenvalue weighted by molar-refractivity contribution is -0.121. The fourth-order valence-corrected chi connectivity index (χ4v) is 3.54. The molecule has 0 saturated heterocycles. The van der Waals surface area contributed by atoms with Crippen molar-refractivity contribution in [1.82, 2.24) is 34.6 Å². The van der Waals surface area contributed by atoms with E-state index in [1.54, 1.807) is 59.4 Å². The monoisotopic (exact) mass is 379 g/mol. The van der Waals surface area contributed by atoms with E-state index in [9.17, 15) is 4.79 Å². The summed E-state index contributed by atoms with van der Waals surface area (Å²) in [6.07, 6.45) is 11.9. The fourth-order valence-electron chi connectivity index (χ4n) is 2.76. The van der Waals surface area contributed by atoms with Crippen molar-refractivity contribution >= 4 is 17.2 Å². The molecule has 0 unspecified atom stereocenters. The number of amides is 1. The molecule has 27 heavy (non-hydrogen) atoms. The molecule has 0 radical (unpaired) electrons. The topological polar surface area (TPSA) is 90.5 Å². The molecule has 0 spiro atoms. The number of hydrogen-bond acceptors (Lipinski definition) is 6. The van der Waals surface area contributed by atoms with Crippen molar-refractivity contribution in [1.29, 1.82) is 0 Å². The lowest BCUT2D eigenvalue weighted by atomic mass is 10.1. The highest BCUT2D eigenvalue weighted by molar-refractivity contribution is 7.13. The minimum atomic E-state index is -0.0630. The van der Waals surface area contributed by atoms with Crippen molar-refractivity contribution in [3.05, 3.63) is 61.0 Å². The van der Waals surface area contributed by atoms with Crippen LogP contribution in [0.25, 0.3) is 21.8 Å². The molecule has 0 fully saturated rings. The third kappa shape index (κ3) is 3.93. The molecule has 4 heterocycles. The van der Waals surface area contributed by atoms with Gasteiger partial charge in [0.2, 0.25) is 5.91 Å². The van der Waals surface area contributed by atoms with Crippen molar-refractivity contribution < 1.29 is 4.79 Å². The van der Waals surface area contributed by atoms with E-state index in [0.29, 0.717) is 13.1 Å². The summed E-state index contributed by atoms with van der Waals surface area (Å²) in [5.74, 6) is -0.0630. The van der Waals surface area contributed by atoms with Crippen LogP contribution in [-0.4, -0.2) is 41.8 Å². The van der Waals surface area contributed by atoms with Gasteiger partial charge in [-0.3, -0.25) is 19.4 Å². The Hall–Kier alpha value is -3.33. The molecule has 0 saturated carbocycles. The van der Waals surface area contributed by atoms with E-state index in [1.807, 2.05) is 16.1 Å². The summed E-state index contributed by atoms with van der Waals surface area (Å²) in [5.41, 5.74) is 2.68. The normalized spacial score (nSPS) is 10.8. The van der Waals surface area contributed by atoms with Gasteiger partial charge in [-0.25, -0.2) is 4.98 Å². The van der Waals surface area contributed by atoms with E-state index in [1.165, 1.54) is 0 Å². The zero-order valence-electron chi connectivity index (χ0n) is 14.4. The number of carbonyl (C=O) groups excluding carboxylic acids is 1. The molecule has 8 nitrogen and oxygen atoms in total. The summed E-state index contributed by atoms with van der Waals surface area (Å²) in [6, 6.07) is 4.06. The van der Waals surface area contributed by atoms with E-state index in [4.69, 9.17) is 0 Å². The van der Waals surface area contributed by atoms with Crippen LogP contribution < -0.4 is 5.32 Å². The molecule has 4 aromatic heterocycles. The van der Waals surface area contributed by atoms with Gasteiger partial charge in [-0.1, -0.05) is 6.07 Å². The van der Waals surface area contributed by atoms with Crippen LogP contribution in [0.1, 0.15) is 0 Å². The molecular formula is C18H17N7OS. The minimum Gasteiger partial charge on any atom is -0.353 e. The Labute approximate surface area is 159 Å². The Balaban J connectivity index is 1.49. The fraction of sp³-hybridized carbons (Fsp3) is 0.167. The molecule has 136 valence electrons. The average Bonchev–Trinajstić information content (AvgIpc) is 3.44. The molecule has 4 rings (SSSR count). The van der Waals surface area contributed by atoms with Crippen LogP contribution in [0.4, 0.5) is 0 Å². The largest absolute Gasteiger partial charge is 0.353 e. The van der Waals surface area contributed by atoms with Gasteiger partial charge in [0.1, 0.15) is 6.54 Å². The van der Waals surface area contributed by atoms with E-state index < -0.39 is 0 Å². The van der Waals surface area contributed by atoms with Crippen LogP contribution in [0, 0.1) is 0 Å². The second kappa shape index (κ2) is 7.92. The first kappa shape index (κ1) is 17.1. The third-order valence-corrected chi connectivity index (χ3v) is 4.84. The third-order valence-electron chi connectivity index (χ3n) is 3.96. The number of nitrogens with zero attached hydrogens (tertiary/aromatic N) is 6. The summed E-state index contributed by atoms with van der Waals surface area (Å²) >= 11 is 1.64. The van der Waals surface area contributed by atoms with Gasteiger partial charge in [0, 0.05) is 36.9 Å². The van der Waals surface area contributed by atoms with Crippen molar-refractivity contribution in [2.75, 3.05) is 6.54 Å². The van der Waals surface area contributed by atoms with Gasteiger partial charge in [-0.05, 0) is 11.4 Å². The molecule has 0 aromatic carbocycles. The molecular weight excluding hydrogens is 362 g/mol. The van der Waals surface area contributed by atoms with Crippen LogP contribution in [0.2, 0.25) is 0 Å². The summed E-state index contributed by atoms with van der Waals surface area (Å²) in [4.78, 5) is 25.6. The second-order valence-corrected chi connectivity index (χ2v) is 6.73. The summed E-state index contributed by atoms with van der Waals surface area (Å²) in [6.45, 7) is 1.29. The van der Waals surface area contributed by atoms with Gasteiger partial charge in [0.05, 0.1) is 41.5 Å². The van der Waals surface area contributed by atoms with Crippen LogP contribution >= 0.6 is 11.3 Å². The SMILES string of the molecule is O=C(Cn1ccnc1)NCCn1ncc(-c2cnccn2)c1-c1cccs1. The highest BCUT2D eigenvalue weighted by Crippen LogP contribution is 2.33. The number of imidazole rings is 1. The minimum absolute atomic E-state index is 0.0630. The van der Waals surface area contributed by atoms with Crippen LogP contribution in [0.3, 0.4) is 0 Å². The van der Waals surface area contributed by atoms with Crippen molar-refractivity contribution in [2.45, 2.75) is 13.1 Å². The van der Waals surface area contributed by atoms with E-state index in [2.05, 4.69) is 31.4 Å². The average molecular weight is 379 g/mol. The maximum absolute atomic E-state index is 12.0. The van der Waals surface area contributed by atoms with Crippen molar-refractivity contribution in [3.63, 3.8) is 0 Å². The van der Waals surface area contributed by atoms with Crippen molar-refractivity contribution in [2.24, 2.45) is 0 Å². The maximum atomic E-state index is 12.0. The highest BCUT2D eigenvalue weighted by atomic mass is 32.1. The van der Waals surface area contributed by atoms with Gasteiger partial charge in [-0.15, -0.1) is 11.3 Å². The lowest BCUT2D eigenvalue weighted by Crippen LogP contribution is -2.30. The second-order valence-electron chi connectivity index (χ2n) is 5.78. The molecule has 0 bridgehead atoms. The summed E-state index contributed by atoms with van der Waals surface area (Å²) < 4.78 is 3.62. The molecule has 9 heteroatoms. The number of carbonyl (C=O) groups is 1. The van der Waals surface area contributed by atoms with Gasteiger partial charge < -0.3 is 9.88 Å². The Kier molecular flexibility index (Phi) is 5.01. The first-order valence-corrected chi connectivity index (χ1v) is 9.28. The molecule has 0 aliphatic carbocycles. The van der Waals surface area contributed by atoms with Gasteiger partial charge >= 0.3 is 0 Å². The molecule has 0 aliphatic rings. The molecule has 0 atom stereocenters. The standard InChI is InChI=1S/C18H17N7OS/c26-17(12-24-7-5-20-13-24)22-6-8-25-18(16-2-1-9-27-16)14(10-23-25)15-11-19-3-4-21-15/h1-5,7,9-11,13H,6,8,12H2,(H,22,26). The van der Waals surface area contributed by atoms with Crippen LogP contribution in [0.5, 0.6) is 0 Å². The number of rotatable bonds is 7. The molecule has 1 N–H and O–H groups in total. The number of hydrogen-bond donors (Lipinski definition) is 1. The van der Waals surface area contributed by atoms with Gasteiger partial charge in [-0.2, -0.15) is 5.10 Å². The Morgan fingerprint density at radius 3 is 2.89 bits per heavy atom. The van der Waals surface area contributed by atoms with Crippen molar-refractivity contribution in [3.8, 4) is 21.8 Å².